The molecule has 0 atom stereocenters. The highest BCUT2D eigenvalue weighted by atomic mass is 16.5. The summed E-state index contributed by atoms with van der Waals surface area (Å²) in [4.78, 5) is 18.6. The Kier molecular flexibility index (Phi) is 5.10. The van der Waals surface area contributed by atoms with Crippen molar-refractivity contribution < 1.29 is 14.3 Å². The molecule has 1 aliphatic rings. The lowest BCUT2D eigenvalue weighted by molar-refractivity contribution is 0.246. The highest BCUT2D eigenvalue weighted by Gasteiger charge is 2.23. The number of anilines is 1. The predicted octanol–water partition coefficient (Wildman–Crippen LogP) is 4.15. The van der Waals surface area contributed by atoms with Crippen LogP contribution in [0.2, 0.25) is 0 Å². The number of hydrogen-bond acceptors (Lipinski definition) is 4. The first-order chi connectivity index (χ1) is 13.7. The molecule has 0 fully saturated rings. The van der Waals surface area contributed by atoms with Gasteiger partial charge in [0.1, 0.15) is 11.5 Å². The number of methoxy groups -OCH3 is 1. The summed E-state index contributed by atoms with van der Waals surface area (Å²) in [5.41, 5.74) is 3.09. The van der Waals surface area contributed by atoms with E-state index in [0.717, 1.165) is 23.4 Å². The Balaban J connectivity index is 1.34. The summed E-state index contributed by atoms with van der Waals surface area (Å²) in [6.45, 7) is 1.11. The van der Waals surface area contributed by atoms with Crippen molar-refractivity contribution in [2.24, 2.45) is 0 Å². The van der Waals surface area contributed by atoms with Gasteiger partial charge < -0.3 is 14.8 Å². The molecule has 142 valence electrons. The summed E-state index contributed by atoms with van der Waals surface area (Å²) < 4.78 is 10.9. The van der Waals surface area contributed by atoms with Crippen LogP contribution in [0.3, 0.4) is 0 Å². The van der Waals surface area contributed by atoms with Crippen molar-refractivity contribution in [2.45, 2.75) is 13.0 Å². The number of aromatic nitrogens is 1. The highest BCUT2D eigenvalue weighted by Crippen LogP contribution is 2.27. The van der Waals surface area contributed by atoms with Crippen LogP contribution in [-0.2, 0) is 13.0 Å². The van der Waals surface area contributed by atoms with Gasteiger partial charge in [0, 0.05) is 37.1 Å². The number of nitrogens with zero attached hydrogens (tertiary/aromatic N) is 2. The number of para-hydroxylation sites is 1. The number of nitrogens with one attached hydrogen (secondary N) is 1. The van der Waals surface area contributed by atoms with E-state index in [0.29, 0.717) is 24.7 Å². The fourth-order valence-corrected chi connectivity index (χ4v) is 3.18. The number of benzene rings is 2. The second-order valence-corrected chi connectivity index (χ2v) is 6.47. The molecule has 0 aliphatic carbocycles. The van der Waals surface area contributed by atoms with E-state index < -0.39 is 0 Å². The number of rotatable bonds is 5. The third kappa shape index (κ3) is 3.91. The van der Waals surface area contributed by atoms with Crippen LogP contribution < -0.4 is 19.7 Å². The van der Waals surface area contributed by atoms with Crippen molar-refractivity contribution >= 4 is 11.7 Å². The van der Waals surface area contributed by atoms with Gasteiger partial charge in [0.2, 0.25) is 5.88 Å². The zero-order valence-electron chi connectivity index (χ0n) is 15.6. The van der Waals surface area contributed by atoms with Crippen LogP contribution in [0.15, 0.2) is 66.9 Å². The van der Waals surface area contributed by atoms with Gasteiger partial charge in [-0.25, -0.2) is 9.78 Å². The molecule has 0 radical (unpaired) electrons. The zero-order chi connectivity index (χ0) is 19.3. The quantitative estimate of drug-likeness (QED) is 0.727. The molecule has 4 rings (SSSR count). The number of fused-ring (bicyclic) bond motifs is 1. The predicted molar refractivity (Wildman–Crippen MR) is 107 cm³/mol. The van der Waals surface area contributed by atoms with Gasteiger partial charge in [-0.1, -0.05) is 30.3 Å². The summed E-state index contributed by atoms with van der Waals surface area (Å²) in [5.74, 6) is 1.86. The Morgan fingerprint density at radius 3 is 2.79 bits per heavy atom. The van der Waals surface area contributed by atoms with Crippen LogP contribution in [-0.4, -0.2) is 24.7 Å². The van der Waals surface area contributed by atoms with Crippen molar-refractivity contribution in [3.63, 3.8) is 0 Å². The maximum Gasteiger partial charge on any atom is 0.322 e. The van der Waals surface area contributed by atoms with Crippen LogP contribution in [0.1, 0.15) is 11.1 Å². The van der Waals surface area contributed by atoms with E-state index in [9.17, 15) is 4.79 Å². The smallest absolute Gasteiger partial charge is 0.322 e. The van der Waals surface area contributed by atoms with E-state index in [1.54, 1.807) is 30.3 Å². The van der Waals surface area contributed by atoms with Crippen molar-refractivity contribution in [2.75, 3.05) is 18.6 Å². The first kappa shape index (κ1) is 17.9. The first-order valence-corrected chi connectivity index (χ1v) is 9.13. The lowest BCUT2D eigenvalue weighted by Gasteiger charge is -2.18. The second kappa shape index (κ2) is 8.00. The van der Waals surface area contributed by atoms with E-state index >= 15 is 0 Å². The van der Waals surface area contributed by atoms with Crippen molar-refractivity contribution in [3.8, 4) is 17.4 Å². The molecule has 0 bridgehead atoms. The number of carbonyl (C=O) groups is 1. The van der Waals surface area contributed by atoms with Gasteiger partial charge in [-0.2, -0.15) is 0 Å². The van der Waals surface area contributed by atoms with Crippen molar-refractivity contribution in [1.29, 1.82) is 0 Å². The maximum atomic E-state index is 12.5. The summed E-state index contributed by atoms with van der Waals surface area (Å²) >= 11 is 0. The van der Waals surface area contributed by atoms with Gasteiger partial charge in [-0.15, -0.1) is 0 Å². The van der Waals surface area contributed by atoms with Crippen LogP contribution in [0.4, 0.5) is 10.5 Å². The van der Waals surface area contributed by atoms with Crippen LogP contribution in [0.25, 0.3) is 0 Å². The molecule has 28 heavy (non-hydrogen) atoms. The molecule has 2 aromatic carbocycles. The third-order valence-corrected chi connectivity index (χ3v) is 4.64. The Morgan fingerprint density at radius 1 is 1.11 bits per heavy atom. The summed E-state index contributed by atoms with van der Waals surface area (Å²) in [5, 5.41) is 2.96. The third-order valence-electron chi connectivity index (χ3n) is 4.64. The van der Waals surface area contributed by atoms with E-state index in [2.05, 4.69) is 16.4 Å². The summed E-state index contributed by atoms with van der Waals surface area (Å²) in [7, 11) is 1.61. The SMILES string of the molecule is COc1cccc(Oc2ccc(CNC(=O)N3CCc4ccccc43)cn2)c1. The van der Waals surface area contributed by atoms with Gasteiger partial charge in [0.05, 0.1) is 7.11 Å². The van der Waals surface area contributed by atoms with E-state index in [-0.39, 0.29) is 6.03 Å². The lowest BCUT2D eigenvalue weighted by atomic mass is 10.2. The fraction of sp³-hybridized carbons (Fsp3) is 0.182. The van der Waals surface area contributed by atoms with Crippen LogP contribution in [0.5, 0.6) is 17.4 Å². The minimum absolute atomic E-state index is 0.0957. The number of pyridine rings is 1. The number of amides is 2. The molecule has 0 spiro atoms. The van der Waals surface area contributed by atoms with E-state index in [1.165, 1.54) is 5.56 Å². The maximum absolute atomic E-state index is 12.5. The number of ether oxygens (including phenoxy) is 2. The van der Waals surface area contributed by atoms with Gasteiger partial charge in [-0.3, -0.25) is 4.90 Å². The van der Waals surface area contributed by atoms with Crippen LogP contribution >= 0.6 is 0 Å². The summed E-state index contributed by atoms with van der Waals surface area (Å²) in [6, 6.07) is 18.9. The average Bonchev–Trinajstić information content (AvgIpc) is 3.17. The Labute approximate surface area is 163 Å². The fourth-order valence-electron chi connectivity index (χ4n) is 3.18. The molecule has 0 unspecified atom stereocenters. The topological polar surface area (TPSA) is 63.7 Å². The molecule has 1 aliphatic heterocycles. The largest absolute Gasteiger partial charge is 0.497 e. The number of hydrogen-bond donors (Lipinski definition) is 1. The minimum Gasteiger partial charge on any atom is -0.497 e. The Hall–Kier alpha value is -3.54. The zero-order valence-corrected chi connectivity index (χ0v) is 15.6. The van der Waals surface area contributed by atoms with Gasteiger partial charge in [-0.05, 0) is 35.7 Å². The van der Waals surface area contributed by atoms with E-state index in [4.69, 9.17) is 9.47 Å². The molecule has 0 saturated carbocycles. The monoisotopic (exact) mass is 375 g/mol. The minimum atomic E-state index is -0.0957. The number of urea groups is 1. The molecular weight excluding hydrogens is 354 g/mol. The lowest BCUT2D eigenvalue weighted by Crippen LogP contribution is -2.38. The average molecular weight is 375 g/mol. The van der Waals surface area contributed by atoms with Crippen LogP contribution in [0, 0.1) is 0 Å². The molecular formula is C22H21N3O3. The summed E-state index contributed by atoms with van der Waals surface area (Å²) in [6.07, 6.45) is 2.59. The molecule has 6 heteroatoms. The van der Waals surface area contributed by atoms with E-state index in [1.807, 2.05) is 42.5 Å². The molecule has 1 aromatic heterocycles. The standard InChI is InChI=1S/C22H21N3O3/c1-27-18-6-4-7-19(13-18)28-21-10-9-16(14-23-21)15-24-22(26)25-12-11-17-5-2-3-8-20(17)25/h2-10,13-14H,11-12,15H2,1H3,(H,24,26). The van der Waals surface area contributed by atoms with Crippen molar-refractivity contribution in [3.05, 3.63) is 78.0 Å². The van der Waals surface area contributed by atoms with Gasteiger partial charge in [0.25, 0.3) is 0 Å². The Bertz CT molecular complexity index is 973. The van der Waals surface area contributed by atoms with Crippen molar-refractivity contribution in [1.82, 2.24) is 10.3 Å². The van der Waals surface area contributed by atoms with Gasteiger partial charge in [0.15, 0.2) is 0 Å². The molecule has 2 amide bonds. The molecule has 2 heterocycles. The highest BCUT2D eigenvalue weighted by molar-refractivity contribution is 5.94. The Morgan fingerprint density at radius 2 is 1.96 bits per heavy atom. The molecule has 6 nitrogen and oxygen atoms in total. The van der Waals surface area contributed by atoms with Gasteiger partial charge >= 0.3 is 6.03 Å². The first-order valence-electron chi connectivity index (χ1n) is 9.13. The number of carbonyl (C=O) groups excluding carboxylic acids is 1. The normalized spacial score (nSPS) is 12.4. The second-order valence-electron chi connectivity index (χ2n) is 6.47. The molecule has 3 aromatic rings. The molecule has 1 N–H and O–H groups in total. The molecule has 0 saturated heterocycles.